The van der Waals surface area contributed by atoms with Crippen molar-refractivity contribution in [3.05, 3.63) is 57.8 Å². The summed E-state index contributed by atoms with van der Waals surface area (Å²) < 4.78 is 8.19. The van der Waals surface area contributed by atoms with Crippen molar-refractivity contribution in [1.29, 1.82) is 0 Å². The smallest absolute Gasteiger partial charge is 0.200 e. The Balaban J connectivity index is 1.68. The molecule has 0 aliphatic rings. The van der Waals surface area contributed by atoms with Crippen LogP contribution in [0.25, 0.3) is 10.8 Å². The Kier molecular flexibility index (Phi) is 4.57. The summed E-state index contributed by atoms with van der Waals surface area (Å²) in [5.74, 6) is 1.25. The molecule has 0 amide bonds. The molecular formula is C18H18INO2. The maximum Gasteiger partial charge on any atom is 0.200 e. The summed E-state index contributed by atoms with van der Waals surface area (Å²) in [6.45, 7) is 0.808. The van der Waals surface area contributed by atoms with E-state index in [0.717, 1.165) is 39.5 Å². The van der Waals surface area contributed by atoms with E-state index >= 15 is 0 Å². The van der Waals surface area contributed by atoms with Crippen molar-refractivity contribution >= 4 is 33.4 Å². The minimum atomic E-state index is 0.370. The molecule has 0 spiro atoms. The molecule has 3 rings (SSSR count). The predicted octanol–water partition coefficient (Wildman–Crippen LogP) is 4.59. The van der Waals surface area contributed by atoms with Crippen LogP contribution in [0.1, 0.15) is 12.0 Å². The van der Waals surface area contributed by atoms with Crippen LogP contribution in [0.4, 0.5) is 0 Å². The molecule has 0 radical (unpaired) electrons. The van der Waals surface area contributed by atoms with E-state index in [1.54, 1.807) is 7.11 Å². The normalized spacial score (nSPS) is 11.0. The third-order valence-electron chi connectivity index (χ3n) is 3.86. The van der Waals surface area contributed by atoms with Gasteiger partial charge in [-0.15, -0.1) is 0 Å². The molecule has 1 aromatic heterocycles. The van der Waals surface area contributed by atoms with Gasteiger partial charge in [-0.25, -0.2) is 0 Å². The van der Waals surface area contributed by atoms with Crippen LogP contribution in [-0.2, 0) is 13.0 Å². The van der Waals surface area contributed by atoms with Gasteiger partial charge in [-0.05, 0) is 59.2 Å². The molecule has 0 unspecified atom stereocenters. The van der Waals surface area contributed by atoms with Gasteiger partial charge in [-0.2, -0.15) is 0 Å². The summed E-state index contributed by atoms with van der Waals surface area (Å²) >= 11 is 2.27. The van der Waals surface area contributed by atoms with Crippen molar-refractivity contribution in [3.8, 4) is 11.6 Å². The van der Waals surface area contributed by atoms with Gasteiger partial charge >= 0.3 is 0 Å². The zero-order chi connectivity index (χ0) is 15.5. The number of ether oxygens (including phenoxy) is 1. The quantitative estimate of drug-likeness (QED) is 0.628. The van der Waals surface area contributed by atoms with Gasteiger partial charge < -0.3 is 14.4 Å². The number of nitrogens with zero attached hydrogens (tertiary/aromatic N) is 1. The Bertz CT molecular complexity index is 778. The fourth-order valence-corrected chi connectivity index (χ4v) is 3.43. The summed E-state index contributed by atoms with van der Waals surface area (Å²) in [6.07, 6.45) is 3.99. The van der Waals surface area contributed by atoms with Crippen LogP contribution in [0, 0.1) is 3.57 Å². The molecular weight excluding hydrogens is 389 g/mol. The second-order valence-corrected chi connectivity index (χ2v) is 6.46. The van der Waals surface area contributed by atoms with E-state index in [2.05, 4.69) is 34.7 Å². The van der Waals surface area contributed by atoms with Crippen LogP contribution in [0.15, 0.2) is 48.7 Å². The van der Waals surface area contributed by atoms with Crippen LogP contribution < -0.4 is 4.74 Å². The molecule has 0 bridgehead atoms. The van der Waals surface area contributed by atoms with E-state index in [9.17, 15) is 5.11 Å². The molecule has 3 nitrogen and oxygen atoms in total. The highest BCUT2D eigenvalue weighted by Gasteiger charge is 2.10. The zero-order valence-corrected chi connectivity index (χ0v) is 14.6. The van der Waals surface area contributed by atoms with Gasteiger partial charge in [0, 0.05) is 21.7 Å². The molecule has 0 atom stereocenters. The molecule has 1 heterocycles. The van der Waals surface area contributed by atoms with E-state index in [4.69, 9.17) is 4.74 Å². The lowest BCUT2D eigenvalue weighted by Crippen LogP contribution is -1.97. The van der Waals surface area contributed by atoms with Crippen LogP contribution >= 0.6 is 22.6 Å². The highest BCUT2D eigenvalue weighted by Crippen LogP contribution is 2.31. The predicted molar refractivity (Wildman–Crippen MR) is 97.6 cm³/mol. The van der Waals surface area contributed by atoms with Gasteiger partial charge in [0.1, 0.15) is 5.75 Å². The molecule has 114 valence electrons. The third kappa shape index (κ3) is 3.06. The SMILES string of the molecule is COc1ccc(CCCn2cc3cccc(I)c3c2O)cc1. The van der Waals surface area contributed by atoms with Gasteiger partial charge in [0.2, 0.25) is 0 Å². The minimum absolute atomic E-state index is 0.370. The summed E-state index contributed by atoms with van der Waals surface area (Å²) in [4.78, 5) is 0. The van der Waals surface area contributed by atoms with Gasteiger partial charge in [0.05, 0.1) is 12.5 Å². The maximum atomic E-state index is 10.4. The molecule has 0 aliphatic heterocycles. The Morgan fingerprint density at radius 1 is 1.14 bits per heavy atom. The Morgan fingerprint density at radius 3 is 2.59 bits per heavy atom. The van der Waals surface area contributed by atoms with Crippen molar-refractivity contribution in [2.24, 2.45) is 0 Å². The fraction of sp³-hybridized carbons (Fsp3) is 0.222. The summed E-state index contributed by atoms with van der Waals surface area (Å²) in [5, 5.41) is 12.4. The lowest BCUT2D eigenvalue weighted by atomic mass is 10.1. The van der Waals surface area contributed by atoms with Crippen LogP contribution in [-0.4, -0.2) is 16.8 Å². The first-order valence-electron chi connectivity index (χ1n) is 7.28. The highest BCUT2D eigenvalue weighted by molar-refractivity contribution is 14.1. The zero-order valence-electron chi connectivity index (χ0n) is 12.4. The summed E-state index contributed by atoms with van der Waals surface area (Å²) in [7, 11) is 1.68. The lowest BCUT2D eigenvalue weighted by Gasteiger charge is -2.06. The van der Waals surface area contributed by atoms with E-state index in [0.29, 0.717) is 5.88 Å². The lowest BCUT2D eigenvalue weighted by molar-refractivity contribution is 0.414. The largest absolute Gasteiger partial charge is 0.497 e. The first-order valence-corrected chi connectivity index (χ1v) is 8.36. The maximum absolute atomic E-state index is 10.4. The number of benzene rings is 2. The molecule has 0 saturated carbocycles. The molecule has 0 aliphatic carbocycles. The van der Waals surface area contributed by atoms with Gasteiger partial charge in [-0.1, -0.05) is 24.3 Å². The second-order valence-electron chi connectivity index (χ2n) is 5.30. The molecule has 0 saturated heterocycles. The molecule has 22 heavy (non-hydrogen) atoms. The van der Waals surface area contributed by atoms with Crippen LogP contribution in [0.2, 0.25) is 0 Å². The standard InChI is InChI=1S/C18H18INO2/c1-22-15-9-7-13(8-10-15)4-3-11-20-12-14-5-2-6-16(19)17(14)18(20)21/h2,5-10,12,21H,3-4,11H2,1H3. The average molecular weight is 407 g/mol. The first-order chi connectivity index (χ1) is 10.7. The van der Waals surface area contributed by atoms with Crippen molar-refractivity contribution < 1.29 is 9.84 Å². The van der Waals surface area contributed by atoms with E-state index in [-0.39, 0.29) is 0 Å². The highest BCUT2D eigenvalue weighted by atomic mass is 127. The Hall–Kier alpha value is -1.69. The molecule has 4 heteroatoms. The van der Waals surface area contributed by atoms with Crippen molar-refractivity contribution in [2.45, 2.75) is 19.4 Å². The second kappa shape index (κ2) is 6.60. The number of methoxy groups -OCH3 is 1. The van der Waals surface area contributed by atoms with Crippen LogP contribution in [0.5, 0.6) is 11.6 Å². The van der Waals surface area contributed by atoms with E-state index < -0.39 is 0 Å². The molecule has 1 N–H and O–H groups in total. The number of rotatable bonds is 5. The average Bonchev–Trinajstić information content (AvgIpc) is 2.86. The number of aromatic nitrogens is 1. The number of aryl methyl sites for hydroxylation is 2. The molecule has 3 aromatic rings. The molecule has 0 fully saturated rings. The number of fused-ring (bicyclic) bond motifs is 1. The van der Waals surface area contributed by atoms with Crippen molar-refractivity contribution in [2.75, 3.05) is 7.11 Å². The van der Waals surface area contributed by atoms with Gasteiger partial charge in [-0.3, -0.25) is 0 Å². The number of halogens is 1. The Labute approximate surface area is 143 Å². The Morgan fingerprint density at radius 2 is 1.91 bits per heavy atom. The van der Waals surface area contributed by atoms with E-state index in [1.807, 2.05) is 41.1 Å². The number of hydrogen-bond donors (Lipinski definition) is 1. The monoisotopic (exact) mass is 407 g/mol. The fourth-order valence-electron chi connectivity index (χ4n) is 2.67. The molecule has 2 aromatic carbocycles. The number of aromatic hydroxyl groups is 1. The van der Waals surface area contributed by atoms with Gasteiger partial charge in [0.15, 0.2) is 5.88 Å². The van der Waals surface area contributed by atoms with E-state index in [1.165, 1.54) is 5.56 Å². The topological polar surface area (TPSA) is 34.4 Å². The number of hydrogen-bond acceptors (Lipinski definition) is 2. The van der Waals surface area contributed by atoms with Crippen molar-refractivity contribution in [3.63, 3.8) is 0 Å². The first kappa shape index (κ1) is 15.2. The summed E-state index contributed by atoms with van der Waals surface area (Å²) in [5.41, 5.74) is 1.28. The minimum Gasteiger partial charge on any atom is -0.497 e. The summed E-state index contributed by atoms with van der Waals surface area (Å²) in [6, 6.07) is 14.2. The van der Waals surface area contributed by atoms with Crippen LogP contribution in [0.3, 0.4) is 0 Å². The van der Waals surface area contributed by atoms with Crippen molar-refractivity contribution in [1.82, 2.24) is 4.57 Å². The van der Waals surface area contributed by atoms with Gasteiger partial charge in [0.25, 0.3) is 0 Å². The third-order valence-corrected chi connectivity index (χ3v) is 4.76.